The predicted molar refractivity (Wildman–Crippen MR) is 63.9 cm³/mol. The molecule has 0 amide bonds. The first-order valence-electron chi connectivity index (χ1n) is 5.92. The minimum absolute atomic E-state index is 0.0191. The number of nitro benzene ring substituents is 1. The molecule has 6 heteroatoms. The summed E-state index contributed by atoms with van der Waals surface area (Å²) < 4.78 is 19.0. The smallest absolute Gasteiger partial charge is 0.305 e. The van der Waals surface area contributed by atoms with Crippen molar-refractivity contribution in [1.82, 2.24) is 0 Å². The van der Waals surface area contributed by atoms with Gasteiger partial charge in [0.05, 0.1) is 11.0 Å². The third-order valence-corrected chi connectivity index (χ3v) is 3.14. The molecule has 0 aromatic heterocycles. The number of hydrogen-bond donors (Lipinski definition) is 1. The number of nitrogens with two attached hydrogens (primary N) is 1. The molecule has 0 atom stereocenters. The molecule has 2 rings (SSSR count). The van der Waals surface area contributed by atoms with E-state index in [9.17, 15) is 14.5 Å². The van der Waals surface area contributed by atoms with E-state index in [4.69, 9.17) is 10.5 Å². The first-order chi connectivity index (χ1) is 8.56. The van der Waals surface area contributed by atoms with Crippen LogP contribution in [0.5, 0.6) is 5.75 Å². The Bertz CT molecular complexity index is 445. The highest BCUT2D eigenvalue weighted by Gasteiger charge is 2.21. The third kappa shape index (κ3) is 2.95. The van der Waals surface area contributed by atoms with Crippen molar-refractivity contribution in [3.05, 3.63) is 34.1 Å². The van der Waals surface area contributed by atoms with Gasteiger partial charge in [-0.1, -0.05) is 0 Å². The van der Waals surface area contributed by atoms with Crippen molar-refractivity contribution in [2.45, 2.75) is 37.8 Å². The average molecular weight is 254 g/mol. The third-order valence-electron chi connectivity index (χ3n) is 3.14. The molecule has 0 spiro atoms. The lowest BCUT2D eigenvalue weighted by atomic mass is 9.94. The largest absolute Gasteiger partial charge is 0.490 e. The van der Waals surface area contributed by atoms with E-state index in [2.05, 4.69) is 0 Å². The minimum Gasteiger partial charge on any atom is -0.490 e. The van der Waals surface area contributed by atoms with E-state index >= 15 is 0 Å². The normalized spacial score (nSPS) is 23.7. The van der Waals surface area contributed by atoms with Crippen molar-refractivity contribution in [1.29, 1.82) is 0 Å². The van der Waals surface area contributed by atoms with E-state index in [1.165, 1.54) is 6.07 Å². The van der Waals surface area contributed by atoms with Crippen LogP contribution in [0.25, 0.3) is 0 Å². The molecule has 1 saturated carbocycles. The second-order valence-electron chi connectivity index (χ2n) is 4.52. The van der Waals surface area contributed by atoms with Crippen LogP contribution in [0.4, 0.5) is 10.1 Å². The number of nitro groups is 1. The second-order valence-corrected chi connectivity index (χ2v) is 4.52. The summed E-state index contributed by atoms with van der Waals surface area (Å²) in [5.41, 5.74) is 5.24. The maximum atomic E-state index is 13.4. The number of ether oxygens (including phenoxy) is 1. The maximum Gasteiger partial charge on any atom is 0.305 e. The molecule has 1 aromatic carbocycles. The van der Waals surface area contributed by atoms with Crippen molar-refractivity contribution >= 4 is 5.69 Å². The van der Waals surface area contributed by atoms with Crippen molar-refractivity contribution in [3.63, 3.8) is 0 Å². The summed E-state index contributed by atoms with van der Waals surface area (Å²) in [5.74, 6) is -0.538. The Morgan fingerprint density at radius 3 is 2.56 bits per heavy atom. The fourth-order valence-corrected chi connectivity index (χ4v) is 2.11. The topological polar surface area (TPSA) is 78.4 Å². The molecule has 0 heterocycles. The van der Waals surface area contributed by atoms with Crippen LogP contribution in [0.1, 0.15) is 25.7 Å². The SMILES string of the molecule is NC1CCC(Oc2ccc([N+](=O)[O-])c(F)c2)CC1. The maximum absolute atomic E-state index is 13.4. The molecule has 0 unspecified atom stereocenters. The Labute approximate surface area is 104 Å². The zero-order chi connectivity index (χ0) is 13.1. The average Bonchev–Trinajstić information content (AvgIpc) is 2.32. The number of rotatable bonds is 3. The molecule has 1 aliphatic carbocycles. The van der Waals surface area contributed by atoms with E-state index in [0.717, 1.165) is 37.8 Å². The van der Waals surface area contributed by atoms with Crippen LogP contribution in [0.2, 0.25) is 0 Å². The summed E-state index contributed by atoms with van der Waals surface area (Å²) in [7, 11) is 0. The molecule has 1 aromatic rings. The second kappa shape index (κ2) is 5.30. The van der Waals surface area contributed by atoms with E-state index in [0.29, 0.717) is 5.75 Å². The van der Waals surface area contributed by atoms with Crippen molar-refractivity contribution in [2.75, 3.05) is 0 Å². The standard InChI is InChI=1S/C12H15FN2O3/c13-11-7-10(5-6-12(11)15(16)17)18-9-3-1-8(14)2-4-9/h5-9H,1-4,14H2. The molecule has 1 aliphatic rings. The molecule has 2 N–H and O–H groups in total. The number of benzene rings is 1. The van der Waals surface area contributed by atoms with Crippen molar-refractivity contribution < 1.29 is 14.1 Å². The van der Waals surface area contributed by atoms with Crippen LogP contribution in [-0.2, 0) is 0 Å². The Kier molecular flexibility index (Phi) is 3.76. The highest BCUT2D eigenvalue weighted by Crippen LogP contribution is 2.26. The van der Waals surface area contributed by atoms with Gasteiger partial charge < -0.3 is 10.5 Å². The first-order valence-corrected chi connectivity index (χ1v) is 5.92. The Hall–Kier alpha value is -1.69. The summed E-state index contributed by atoms with van der Waals surface area (Å²) in [5, 5.41) is 10.5. The van der Waals surface area contributed by atoms with Gasteiger partial charge in [0.1, 0.15) is 5.75 Å². The van der Waals surface area contributed by atoms with E-state index < -0.39 is 16.4 Å². The first kappa shape index (κ1) is 12.8. The van der Waals surface area contributed by atoms with Gasteiger partial charge in [0.2, 0.25) is 5.82 Å². The van der Waals surface area contributed by atoms with Gasteiger partial charge in [0, 0.05) is 18.2 Å². The summed E-state index contributed by atoms with van der Waals surface area (Å²) in [4.78, 5) is 9.72. The van der Waals surface area contributed by atoms with Gasteiger partial charge in [-0.15, -0.1) is 0 Å². The van der Waals surface area contributed by atoms with Gasteiger partial charge in [-0.2, -0.15) is 4.39 Å². The fourth-order valence-electron chi connectivity index (χ4n) is 2.11. The highest BCUT2D eigenvalue weighted by atomic mass is 19.1. The fraction of sp³-hybridized carbons (Fsp3) is 0.500. The van der Waals surface area contributed by atoms with Gasteiger partial charge in [-0.05, 0) is 31.7 Å². The summed E-state index contributed by atoms with van der Waals surface area (Å²) in [6, 6.07) is 3.83. The summed E-state index contributed by atoms with van der Waals surface area (Å²) >= 11 is 0. The van der Waals surface area contributed by atoms with Crippen LogP contribution in [0.3, 0.4) is 0 Å². The molecular weight excluding hydrogens is 239 g/mol. The summed E-state index contributed by atoms with van der Waals surface area (Å²) in [6.45, 7) is 0. The van der Waals surface area contributed by atoms with Gasteiger partial charge in [0.15, 0.2) is 0 Å². The monoisotopic (exact) mass is 254 g/mol. The minimum atomic E-state index is -0.870. The Morgan fingerprint density at radius 2 is 2.00 bits per heavy atom. The van der Waals surface area contributed by atoms with Crippen molar-refractivity contribution in [2.24, 2.45) is 5.73 Å². The Balaban J connectivity index is 2.02. The molecule has 0 bridgehead atoms. The van der Waals surface area contributed by atoms with Crippen LogP contribution >= 0.6 is 0 Å². The van der Waals surface area contributed by atoms with Crippen LogP contribution in [0, 0.1) is 15.9 Å². The highest BCUT2D eigenvalue weighted by molar-refractivity contribution is 5.38. The predicted octanol–water partition coefficient (Wildman–Crippen LogP) is 2.38. The van der Waals surface area contributed by atoms with Crippen LogP contribution < -0.4 is 10.5 Å². The van der Waals surface area contributed by atoms with E-state index in [1.54, 1.807) is 0 Å². The molecule has 0 aliphatic heterocycles. The lowest BCUT2D eigenvalue weighted by molar-refractivity contribution is -0.387. The van der Waals surface area contributed by atoms with Gasteiger partial charge >= 0.3 is 5.69 Å². The number of halogens is 1. The van der Waals surface area contributed by atoms with E-state index in [1.807, 2.05) is 0 Å². The summed E-state index contributed by atoms with van der Waals surface area (Å²) in [6.07, 6.45) is 3.46. The van der Waals surface area contributed by atoms with E-state index in [-0.39, 0.29) is 12.1 Å². The molecule has 98 valence electrons. The Morgan fingerprint density at radius 1 is 1.33 bits per heavy atom. The molecular formula is C12H15FN2O3. The van der Waals surface area contributed by atoms with Crippen LogP contribution in [0.15, 0.2) is 18.2 Å². The van der Waals surface area contributed by atoms with Gasteiger partial charge in [0.25, 0.3) is 0 Å². The van der Waals surface area contributed by atoms with Crippen LogP contribution in [-0.4, -0.2) is 17.1 Å². The van der Waals surface area contributed by atoms with Crippen molar-refractivity contribution in [3.8, 4) is 5.75 Å². The van der Waals surface area contributed by atoms with Gasteiger partial charge in [-0.25, -0.2) is 0 Å². The lowest BCUT2D eigenvalue weighted by Crippen LogP contribution is -2.31. The molecule has 18 heavy (non-hydrogen) atoms. The zero-order valence-electron chi connectivity index (χ0n) is 9.84. The number of nitrogens with zero attached hydrogens (tertiary/aromatic N) is 1. The molecule has 1 fully saturated rings. The molecule has 5 nitrogen and oxygen atoms in total. The molecule has 0 saturated heterocycles. The molecule has 0 radical (unpaired) electrons. The van der Waals surface area contributed by atoms with Gasteiger partial charge in [-0.3, -0.25) is 10.1 Å². The number of hydrogen-bond acceptors (Lipinski definition) is 4. The lowest BCUT2D eigenvalue weighted by Gasteiger charge is -2.26. The quantitative estimate of drug-likeness (QED) is 0.663. The zero-order valence-corrected chi connectivity index (χ0v) is 9.84.